The molecule has 0 saturated carbocycles. The Bertz CT molecular complexity index is 451. The number of nitro groups is 1. The molecule has 0 heterocycles. The number of nitrogens with zero attached hydrogens (tertiary/aromatic N) is 2. The Morgan fingerprint density at radius 3 is 2.15 bits per heavy atom. The fourth-order valence-electron chi connectivity index (χ4n) is 2.22. The smallest absolute Gasteiger partial charge is 0.273 e. The Labute approximate surface area is 125 Å². The van der Waals surface area contributed by atoms with Gasteiger partial charge in [-0.25, -0.2) is 0 Å². The highest BCUT2D eigenvalue weighted by Gasteiger charge is 2.17. The van der Waals surface area contributed by atoms with Gasteiger partial charge in [-0.15, -0.1) is 11.6 Å². The van der Waals surface area contributed by atoms with Gasteiger partial charge in [-0.05, 0) is 24.0 Å². The molecule has 0 atom stereocenters. The molecule has 0 aliphatic heterocycles. The highest BCUT2D eigenvalue weighted by molar-refractivity contribution is 6.17. The summed E-state index contributed by atoms with van der Waals surface area (Å²) in [4.78, 5) is 12.8. The number of benzene rings is 1. The minimum absolute atomic E-state index is 0.0952. The molecular weight excluding hydrogens is 276 g/mol. The van der Waals surface area contributed by atoms with E-state index in [0.29, 0.717) is 17.4 Å². The fraction of sp³-hybridized carbons (Fsp3) is 0.600. The van der Waals surface area contributed by atoms with Gasteiger partial charge in [-0.2, -0.15) is 0 Å². The Balaban J connectivity index is 3.10. The van der Waals surface area contributed by atoms with Gasteiger partial charge in [0.1, 0.15) is 0 Å². The van der Waals surface area contributed by atoms with Crippen LogP contribution >= 0.6 is 11.6 Å². The summed E-state index contributed by atoms with van der Waals surface area (Å²) in [5, 5.41) is 11.0. The summed E-state index contributed by atoms with van der Waals surface area (Å²) < 4.78 is 0. The van der Waals surface area contributed by atoms with Crippen molar-refractivity contribution in [1.29, 1.82) is 0 Å². The first-order valence-electron chi connectivity index (χ1n) is 6.93. The van der Waals surface area contributed by atoms with Crippen LogP contribution in [0.15, 0.2) is 18.2 Å². The summed E-state index contributed by atoms with van der Waals surface area (Å²) in [6.45, 7) is 10.5. The molecule has 1 aromatic rings. The number of nitro benzene ring substituents is 1. The minimum Gasteiger partial charge on any atom is -0.371 e. The molecule has 0 aliphatic rings. The number of alkyl halides is 1. The van der Waals surface area contributed by atoms with E-state index in [4.69, 9.17) is 11.6 Å². The van der Waals surface area contributed by atoms with E-state index in [1.54, 1.807) is 6.07 Å². The van der Waals surface area contributed by atoms with Crippen molar-refractivity contribution in [2.75, 3.05) is 18.0 Å². The van der Waals surface area contributed by atoms with Crippen molar-refractivity contribution in [3.63, 3.8) is 0 Å². The molecule has 0 amide bonds. The van der Waals surface area contributed by atoms with Crippen molar-refractivity contribution in [3.05, 3.63) is 33.9 Å². The number of hydrogen-bond acceptors (Lipinski definition) is 3. The first-order valence-corrected chi connectivity index (χ1v) is 7.46. The average molecular weight is 299 g/mol. The predicted molar refractivity (Wildman–Crippen MR) is 84.5 cm³/mol. The predicted octanol–water partition coefficient (Wildman–Crippen LogP) is 4.45. The largest absolute Gasteiger partial charge is 0.371 e. The maximum absolute atomic E-state index is 11.0. The fourth-order valence-corrected chi connectivity index (χ4v) is 2.43. The van der Waals surface area contributed by atoms with Crippen LogP contribution in [0.4, 0.5) is 11.4 Å². The summed E-state index contributed by atoms with van der Waals surface area (Å²) in [6.07, 6.45) is 0. The molecular formula is C15H23ClN2O2. The van der Waals surface area contributed by atoms with E-state index < -0.39 is 0 Å². The van der Waals surface area contributed by atoms with Crippen LogP contribution in [0.3, 0.4) is 0 Å². The topological polar surface area (TPSA) is 46.4 Å². The van der Waals surface area contributed by atoms with Gasteiger partial charge in [0.2, 0.25) is 0 Å². The van der Waals surface area contributed by atoms with E-state index in [1.165, 1.54) is 0 Å². The number of hydrogen-bond donors (Lipinski definition) is 0. The molecule has 0 aliphatic carbocycles. The molecule has 4 nitrogen and oxygen atoms in total. The maximum Gasteiger partial charge on any atom is 0.273 e. The third-order valence-corrected chi connectivity index (χ3v) is 3.23. The molecule has 1 aromatic carbocycles. The Kier molecular flexibility index (Phi) is 6.27. The van der Waals surface area contributed by atoms with Crippen molar-refractivity contribution >= 4 is 23.0 Å². The lowest BCUT2D eigenvalue weighted by molar-refractivity contribution is -0.385. The molecule has 0 aromatic heterocycles. The van der Waals surface area contributed by atoms with E-state index in [0.717, 1.165) is 18.8 Å². The molecule has 20 heavy (non-hydrogen) atoms. The van der Waals surface area contributed by atoms with E-state index in [2.05, 4.69) is 32.6 Å². The van der Waals surface area contributed by atoms with Crippen molar-refractivity contribution < 1.29 is 4.92 Å². The summed E-state index contributed by atoms with van der Waals surface area (Å²) >= 11 is 5.84. The van der Waals surface area contributed by atoms with Crippen molar-refractivity contribution in [2.24, 2.45) is 11.8 Å². The minimum atomic E-state index is -0.378. The average Bonchev–Trinajstić information content (AvgIpc) is 2.35. The standard InChI is InChI=1S/C15H23ClN2O2/c1-11(2)9-17(10-12(3)4)14-5-6-15(18(19)20)13(7-14)8-16/h5-7,11-12H,8-10H2,1-4H3. The molecule has 5 heteroatoms. The van der Waals surface area contributed by atoms with Gasteiger partial charge in [0, 0.05) is 30.4 Å². The number of rotatable bonds is 7. The normalized spacial score (nSPS) is 11.2. The second-order valence-corrected chi connectivity index (χ2v) is 6.16. The number of halogens is 1. The zero-order valence-corrected chi connectivity index (χ0v) is 13.4. The van der Waals surface area contributed by atoms with Crippen LogP contribution in [0.5, 0.6) is 0 Å². The van der Waals surface area contributed by atoms with Gasteiger partial charge < -0.3 is 4.90 Å². The van der Waals surface area contributed by atoms with Gasteiger partial charge in [-0.1, -0.05) is 27.7 Å². The van der Waals surface area contributed by atoms with Crippen molar-refractivity contribution in [3.8, 4) is 0 Å². The Hall–Kier alpha value is -1.29. The van der Waals surface area contributed by atoms with Crippen LogP contribution in [-0.2, 0) is 5.88 Å². The molecule has 0 spiro atoms. The van der Waals surface area contributed by atoms with Crippen LogP contribution in [0, 0.1) is 22.0 Å². The van der Waals surface area contributed by atoms with Crippen LogP contribution in [0.25, 0.3) is 0 Å². The van der Waals surface area contributed by atoms with Crippen molar-refractivity contribution in [2.45, 2.75) is 33.6 Å². The molecule has 1 rings (SSSR count). The molecule has 0 bridgehead atoms. The van der Waals surface area contributed by atoms with Gasteiger partial charge in [-0.3, -0.25) is 10.1 Å². The van der Waals surface area contributed by atoms with Crippen molar-refractivity contribution in [1.82, 2.24) is 0 Å². The third kappa shape index (κ3) is 4.67. The van der Waals surface area contributed by atoms with Gasteiger partial charge in [0.15, 0.2) is 0 Å². The summed E-state index contributed by atoms with van der Waals surface area (Å²) in [5.41, 5.74) is 1.68. The van der Waals surface area contributed by atoms with Gasteiger partial charge in [0.25, 0.3) is 5.69 Å². The highest BCUT2D eigenvalue weighted by Crippen LogP contribution is 2.27. The second kappa shape index (κ2) is 7.48. The quantitative estimate of drug-likeness (QED) is 0.424. The van der Waals surface area contributed by atoms with Crippen LogP contribution in [-0.4, -0.2) is 18.0 Å². The molecule has 0 unspecified atom stereocenters. The molecule has 0 radical (unpaired) electrons. The Morgan fingerprint density at radius 1 is 1.20 bits per heavy atom. The first-order chi connectivity index (χ1) is 9.35. The lowest BCUT2D eigenvalue weighted by Crippen LogP contribution is -2.31. The number of anilines is 1. The van der Waals surface area contributed by atoms with E-state index in [9.17, 15) is 10.1 Å². The van der Waals surface area contributed by atoms with Crippen LogP contribution < -0.4 is 4.90 Å². The molecule has 0 saturated heterocycles. The second-order valence-electron chi connectivity index (χ2n) is 5.90. The van der Waals surface area contributed by atoms with Crippen LogP contribution in [0.2, 0.25) is 0 Å². The van der Waals surface area contributed by atoms with E-state index >= 15 is 0 Å². The highest BCUT2D eigenvalue weighted by atomic mass is 35.5. The lowest BCUT2D eigenvalue weighted by Gasteiger charge is -2.28. The van der Waals surface area contributed by atoms with Crippen LogP contribution in [0.1, 0.15) is 33.3 Å². The molecule has 0 fully saturated rings. The zero-order valence-electron chi connectivity index (χ0n) is 12.6. The molecule has 112 valence electrons. The maximum atomic E-state index is 11.0. The SMILES string of the molecule is CC(C)CN(CC(C)C)c1ccc([N+](=O)[O-])c(CCl)c1. The lowest BCUT2D eigenvalue weighted by atomic mass is 10.1. The molecule has 0 N–H and O–H groups in total. The van der Waals surface area contributed by atoms with Gasteiger partial charge in [0.05, 0.1) is 10.8 Å². The van der Waals surface area contributed by atoms with Gasteiger partial charge >= 0.3 is 0 Å². The van der Waals surface area contributed by atoms with E-state index in [-0.39, 0.29) is 16.5 Å². The Morgan fingerprint density at radius 2 is 1.75 bits per heavy atom. The van der Waals surface area contributed by atoms with E-state index in [1.807, 2.05) is 12.1 Å². The summed E-state index contributed by atoms with van der Waals surface area (Å²) in [7, 11) is 0. The zero-order chi connectivity index (χ0) is 15.3. The first kappa shape index (κ1) is 16.8. The summed E-state index contributed by atoms with van der Waals surface area (Å²) in [6, 6.07) is 5.22. The summed E-state index contributed by atoms with van der Waals surface area (Å²) in [5.74, 6) is 1.22. The third-order valence-electron chi connectivity index (χ3n) is 2.94. The monoisotopic (exact) mass is 298 g/mol.